The van der Waals surface area contributed by atoms with Gasteiger partial charge in [-0.3, -0.25) is 14.2 Å². The summed E-state index contributed by atoms with van der Waals surface area (Å²) in [6.07, 6.45) is 2.57. The molecule has 29 heavy (non-hydrogen) atoms. The van der Waals surface area contributed by atoms with Crippen LogP contribution in [0, 0.1) is 6.92 Å². The molecule has 0 radical (unpaired) electrons. The van der Waals surface area contributed by atoms with Gasteiger partial charge in [0.05, 0.1) is 16.8 Å². The summed E-state index contributed by atoms with van der Waals surface area (Å²) >= 11 is 1.38. The maximum atomic E-state index is 12.5. The molecule has 6 nitrogen and oxygen atoms in total. The Balaban J connectivity index is 1.53. The second-order valence-corrected chi connectivity index (χ2v) is 8.19. The van der Waals surface area contributed by atoms with Crippen molar-refractivity contribution in [3.8, 4) is 5.69 Å². The second kappa shape index (κ2) is 8.69. The Hall–Kier alpha value is -2.80. The van der Waals surface area contributed by atoms with Crippen molar-refractivity contribution >= 4 is 34.6 Å². The molecule has 0 bridgehead atoms. The number of fused-ring (bicyclic) bond motifs is 1. The first-order valence-electron chi connectivity index (χ1n) is 9.86. The van der Waals surface area contributed by atoms with Crippen LogP contribution in [0.5, 0.6) is 0 Å². The number of thioether (sulfide) groups is 1. The third-order valence-corrected chi connectivity index (χ3v) is 5.96. The second-order valence-electron chi connectivity index (χ2n) is 7.25. The summed E-state index contributed by atoms with van der Waals surface area (Å²) in [6.45, 7) is 2.74. The molecule has 0 saturated carbocycles. The third-order valence-electron chi connectivity index (χ3n) is 5.03. The molecule has 1 aliphatic rings. The zero-order valence-electron chi connectivity index (χ0n) is 16.4. The number of hydrogen-bond acceptors (Lipinski definition) is 4. The van der Waals surface area contributed by atoms with Gasteiger partial charge in [0.15, 0.2) is 5.16 Å². The van der Waals surface area contributed by atoms with Crippen LogP contribution in [0.2, 0.25) is 0 Å². The van der Waals surface area contributed by atoms with Gasteiger partial charge >= 0.3 is 0 Å². The molecule has 1 fully saturated rings. The van der Waals surface area contributed by atoms with Gasteiger partial charge in [0, 0.05) is 12.2 Å². The molecule has 1 atom stereocenters. The molecular weight excluding hydrogens is 384 g/mol. The molecule has 1 saturated heterocycles. The summed E-state index contributed by atoms with van der Waals surface area (Å²) in [6, 6.07) is 15.8. The first-order chi connectivity index (χ1) is 14.1. The van der Waals surface area contributed by atoms with Gasteiger partial charge in [-0.25, -0.2) is 4.98 Å². The lowest BCUT2D eigenvalue weighted by atomic mass is 10.1. The first-order valence-corrected chi connectivity index (χ1v) is 10.8. The lowest BCUT2D eigenvalue weighted by Crippen LogP contribution is -2.46. The summed E-state index contributed by atoms with van der Waals surface area (Å²) < 4.78 is 2.07. The van der Waals surface area contributed by atoms with Crippen molar-refractivity contribution in [1.82, 2.24) is 20.2 Å². The molecule has 3 aromatic rings. The van der Waals surface area contributed by atoms with Crippen LogP contribution < -0.4 is 10.6 Å². The summed E-state index contributed by atoms with van der Waals surface area (Å²) in [4.78, 5) is 29.3. The number of aromatic nitrogens is 2. The van der Waals surface area contributed by atoms with E-state index in [4.69, 9.17) is 4.98 Å². The van der Waals surface area contributed by atoms with E-state index in [1.165, 1.54) is 17.3 Å². The van der Waals surface area contributed by atoms with E-state index >= 15 is 0 Å². The van der Waals surface area contributed by atoms with Crippen LogP contribution >= 0.6 is 11.8 Å². The number of nitrogens with one attached hydrogen (secondary N) is 2. The van der Waals surface area contributed by atoms with Crippen molar-refractivity contribution in [2.24, 2.45) is 0 Å². The van der Waals surface area contributed by atoms with Gasteiger partial charge in [-0.2, -0.15) is 0 Å². The highest BCUT2D eigenvalue weighted by molar-refractivity contribution is 7.99. The average Bonchev–Trinajstić information content (AvgIpc) is 2.98. The molecule has 150 valence electrons. The molecule has 0 unspecified atom stereocenters. The Morgan fingerprint density at radius 3 is 2.83 bits per heavy atom. The van der Waals surface area contributed by atoms with Crippen LogP contribution in [-0.2, 0) is 9.59 Å². The number of amides is 2. The van der Waals surface area contributed by atoms with Crippen molar-refractivity contribution < 1.29 is 9.59 Å². The van der Waals surface area contributed by atoms with Crippen molar-refractivity contribution in [3.63, 3.8) is 0 Å². The fraction of sp³-hybridized carbons (Fsp3) is 0.318. The Kier molecular flexibility index (Phi) is 5.85. The summed E-state index contributed by atoms with van der Waals surface area (Å²) in [5, 5.41) is 6.48. The number of hydrogen-bond donors (Lipinski definition) is 2. The van der Waals surface area contributed by atoms with Gasteiger partial charge in [-0.1, -0.05) is 41.6 Å². The summed E-state index contributed by atoms with van der Waals surface area (Å²) in [7, 11) is 0. The molecular formula is C22H24N4O2S. The normalized spacial score (nSPS) is 17.0. The smallest absolute Gasteiger partial charge is 0.242 e. The van der Waals surface area contributed by atoms with Crippen LogP contribution in [0.25, 0.3) is 16.7 Å². The van der Waals surface area contributed by atoms with Gasteiger partial charge in [0.2, 0.25) is 11.8 Å². The van der Waals surface area contributed by atoms with Gasteiger partial charge in [0.25, 0.3) is 0 Å². The van der Waals surface area contributed by atoms with E-state index in [1.807, 2.05) is 24.3 Å². The highest BCUT2D eigenvalue weighted by atomic mass is 32.2. The van der Waals surface area contributed by atoms with Crippen LogP contribution in [0.15, 0.2) is 53.7 Å². The standard InChI is InChI=1S/C22H24N4O2S/c1-15-9-11-16(12-10-15)26-19-8-3-2-6-17(19)25-22(26)29-14-20(27)24-18-7-4-5-13-23-21(18)28/h2-3,6,8-12,18H,4-5,7,13-14H2,1H3,(H,23,28)(H,24,27)/t18-/m1/s1. The molecule has 2 N–H and O–H groups in total. The number of carbonyl (C=O) groups is 2. The number of imidazole rings is 1. The van der Waals surface area contributed by atoms with Crippen LogP contribution in [0.1, 0.15) is 24.8 Å². The van der Waals surface area contributed by atoms with E-state index in [0.717, 1.165) is 34.7 Å². The van der Waals surface area contributed by atoms with E-state index in [-0.39, 0.29) is 17.6 Å². The Morgan fingerprint density at radius 2 is 2.00 bits per heavy atom. The Morgan fingerprint density at radius 1 is 1.21 bits per heavy atom. The Bertz CT molecular complexity index is 1030. The lowest BCUT2D eigenvalue weighted by molar-refractivity contribution is -0.127. The van der Waals surface area contributed by atoms with Crippen molar-refractivity contribution in [3.05, 3.63) is 54.1 Å². The molecule has 7 heteroatoms. The van der Waals surface area contributed by atoms with Crippen molar-refractivity contribution in [2.45, 2.75) is 37.4 Å². The first kappa shape index (κ1) is 19.5. The molecule has 0 aliphatic carbocycles. The molecule has 2 heterocycles. The molecule has 0 spiro atoms. The van der Waals surface area contributed by atoms with E-state index in [9.17, 15) is 9.59 Å². The highest BCUT2D eigenvalue weighted by Gasteiger charge is 2.23. The predicted octanol–water partition coefficient (Wildman–Crippen LogP) is 3.21. The van der Waals surface area contributed by atoms with E-state index in [2.05, 4.69) is 46.4 Å². The van der Waals surface area contributed by atoms with E-state index < -0.39 is 6.04 Å². The number of para-hydroxylation sites is 2. The lowest BCUT2D eigenvalue weighted by Gasteiger charge is -2.15. The monoisotopic (exact) mass is 408 g/mol. The molecule has 1 aromatic heterocycles. The van der Waals surface area contributed by atoms with Gasteiger partial charge in [-0.05, 0) is 50.5 Å². The van der Waals surface area contributed by atoms with Gasteiger partial charge in [0.1, 0.15) is 6.04 Å². The van der Waals surface area contributed by atoms with Crippen LogP contribution in [-0.4, -0.2) is 39.7 Å². The van der Waals surface area contributed by atoms with Gasteiger partial charge in [-0.15, -0.1) is 0 Å². The largest absolute Gasteiger partial charge is 0.354 e. The quantitative estimate of drug-likeness (QED) is 0.636. The fourth-order valence-electron chi connectivity index (χ4n) is 3.49. The Labute approximate surface area is 174 Å². The molecule has 4 rings (SSSR count). The van der Waals surface area contributed by atoms with E-state index in [0.29, 0.717) is 13.0 Å². The summed E-state index contributed by atoms with van der Waals surface area (Å²) in [5.74, 6) is -0.0359. The topological polar surface area (TPSA) is 76.0 Å². The molecule has 2 amide bonds. The number of rotatable bonds is 5. The maximum Gasteiger partial charge on any atom is 0.242 e. The maximum absolute atomic E-state index is 12.5. The zero-order chi connectivity index (χ0) is 20.2. The van der Waals surface area contributed by atoms with Crippen molar-refractivity contribution in [1.29, 1.82) is 0 Å². The minimum Gasteiger partial charge on any atom is -0.354 e. The zero-order valence-corrected chi connectivity index (χ0v) is 17.2. The fourth-order valence-corrected chi connectivity index (χ4v) is 4.33. The third kappa shape index (κ3) is 4.45. The SMILES string of the molecule is Cc1ccc(-n2c(SCC(=O)N[C@@H]3CCCCNC3=O)nc3ccccc32)cc1. The average molecular weight is 409 g/mol. The summed E-state index contributed by atoms with van der Waals surface area (Å²) in [5.41, 5.74) is 4.09. The highest BCUT2D eigenvalue weighted by Crippen LogP contribution is 2.28. The minimum absolute atomic E-state index is 0.0901. The van der Waals surface area contributed by atoms with Crippen molar-refractivity contribution in [2.75, 3.05) is 12.3 Å². The predicted molar refractivity (Wildman–Crippen MR) is 115 cm³/mol. The molecule has 1 aliphatic heterocycles. The van der Waals surface area contributed by atoms with Crippen LogP contribution in [0.4, 0.5) is 0 Å². The van der Waals surface area contributed by atoms with Gasteiger partial charge < -0.3 is 10.6 Å². The number of nitrogens with zero attached hydrogens (tertiary/aromatic N) is 2. The molecule has 2 aromatic carbocycles. The van der Waals surface area contributed by atoms with Crippen LogP contribution in [0.3, 0.4) is 0 Å². The van der Waals surface area contributed by atoms with E-state index in [1.54, 1.807) is 0 Å². The number of carbonyl (C=O) groups excluding carboxylic acids is 2. The number of aryl methyl sites for hydroxylation is 1. The minimum atomic E-state index is -0.443. The number of benzene rings is 2.